The van der Waals surface area contributed by atoms with Gasteiger partial charge in [0.05, 0.1) is 34.3 Å². The summed E-state index contributed by atoms with van der Waals surface area (Å²) < 4.78 is 7.88. The molecule has 0 saturated heterocycles. The summed E-state index contributed by atoms with van der Waals surface area (Å²) in [5, 5.41) is 10.2. The van der Waals surface area contributed by atoms with Crippen LogP contribution in [0.2, 0.25) is 0 Å². The molecule has 0 bridgehead atoms. The molecule has 6 nitrogen and oxygen atoms in total. The van der Waals surface area contributed by atoms with E-state index < -0.39 is 5.60 Å². The van der Waals surface area contributed by atoms with Gasteiger partial charge in [-0.25, -0.2) is 9.67 Å². The van der Waals surface area contributed by atoms with Crippen molar-refractivity contribution >= 4 is 49.6 Å². The molecule has 8 heteroatoms. The molecule has 4 rings (SSSR count). The zero-order valence-electron chi connectivity index (χ0n) is 15.8. The fraction of sp³-hybridized carbons (Fsp3) is 0.300. The van der Waals surface area contributed by atoms with Gasteiger partial charge in [0.1, 0.15) is 10.6 Å². The average molecular weight is 414 g/mol. The van der Waals surface area contributed by atoms with Crippen molar-refractivity contribution in [3.05, 3.63) is 56.1 Å². The van der Waals surface area contributed by atoms with Gasteiger partial charge in [-0.15, -0.1) is 11.3 Å². The van der Waals surface area contributed by atoms with Crippen LogP contribution in [-0.4, -0.2) is 26.3 Å². The third kappa shape index (κ3) is 3.83. The Hall–Kier alpha value is -2.58. The van der Waals surface area contributed by atoms with Crippen LogP contribution in [0.3, 0.4) is 0 Å². The van der Waals surface area contributed by atoms with Gasteiger partial charge in [-0.3, -0.25) is 9.59 Å². The Morgan fingerprint density at radius 2 is 1.93 bits per heavy atom. The molecule has 0 unspecified atom stereocenters. The number of thiazole rings is 1. The molecular weight excluding hydrogens is 394 g/mol. The highest BCUT2D eigenvalue weighted by molar-refractivity contribution is 7.18. The van der Waals surface area contributed by atoms with E-state index in [1.807, 2.05) is 50.4 Å². The van der Waals surface area contributed by atoms with E-state index in [1.54, 1.807) is 5.38 Å². The van der Waals surface area contributed by atoms with Crippen LogP contribution in [0.15, 0.2) is 39.8 Å². The number of benzene rings is 1. The van der Waals surface area contributed by atoms with Gasteiger partial charge in [0.15, 0.2) is 0 Å². The number of carbonyl (C=O) groups is 1. The second-order valence-electron chi connectivity index (χ2n) is 7.45. The molecule has 0 spiro atoms. The van der Waals surface area contributed by atoms with Gasteiger partial charge in [-0.1, -0.05) is 12.1 Å². The standard InChI is InChI=1S/C20H19N3O3S2/c1-20(2,3)26-18(24)8-15-12-10-27-11-13(12)19(25)23(22-15)9-17-21-14-6-4-5-7-16(14)28-17/h4-7,10-11H,8-9H2,1-3H3. The van der Waals surface area contributed by atoms with Crippen molar-refractivity contribution in [2.24, 2.45) is 0 Å². The molecule has 0 aliphatic rings. The van der Waals surface area contributed by atoms with Gasteiger partial charge in [0.2, 0.25) is 0 Å². The number of thiophene rings is 1. The minimum Gasteiger partial charge on any atom is -0.460 e. The van der Waals surface area contributed by atoms with Crippen molar-refractivity contribution in [1.29, 1.82) is 0 Å². The summed E-state index contributed by atoms with van der Waals surface area (Å²) in [4.78, 5) is 29.7. The number of hydrogen-bond donors (Lipinski definition) is 0. The first-order chi connectivity index (χ1) is 13.3. The normalized spacial score (nSPS) is 12.0. The van der Waals surface area contributed by atoms with Crippen LogP contribution in [0.1, 0.15) is 31.5 Å². The van der Waals surface area contributed by atoms with E-state index >= 15 is 0 Å². The lowest BCUT2D eigenvalue weighted by Crippen LogP contribution is -2.28. The SMILES string of the molecule is CC(C)(C)OC(=O)Cc1nn(Cc2nc3ccccc3s2)c(=O)c2cscc12. The van der Waals surface area contributed by atoms with Gasteiger partial charge in [-0.05, 0) is 32.9 Å². The molecular formula is C20H19N3O3S2. The smallest absolute Gasteiger partial charge is 0.312 e. The summed E-state index contributed by atoms with van der Waals surface area (Å²) in [6, 6.07) is 7.85. The average Bonchev–Trinajstić information content (AvgIpc) is 3.24. The lowest BCUT2D eigenvalue weighted by molar-refractivity contribution is -0.153. The zero-order chi connectivity index (χ0) is 19.9. The maximum atomic E-state index is 12.8. The highest BCUT2D eigenvalue weighted by Crippen LogP contribution is 2.23. The predicted octanol–water partition coefficient (Wildman–Crippen LogP) is 4.00. The number of nitrogens with zero attached hydrogens (tertiary/aromatic N) is 3. The largest absolute Gasteiger partial charge is 0.460 e. The summed E-state index contributed by atoms with van der Waals surface area (Å²) in [5.74, 6) is -0.363. The molecule has 3 heterocycles. The van der Waals surface area contributed by atoms with Crippen molar-refractivity contribution in [3.63, 3.8) is 0 Å². The molecule has 0 aliphatic carbocycles. The molecule has 144 valence electrons. The van der Waals surface area contributed by atoms with Gasteiger partial charge >= 0.3 is 5.97 Å². The summed E-state index contributed by atoms with van der Waals surface area (Å²) in [5.41, 5.74) is 0.705. The molecule has 1 aromatic carbocycles. The Kier molecular flexibility index (Phi) is 4.76. The van der Waals surface area contributed by atoms with Gasteiger partial charge in [-0.2, -0.15) is 16.4 Å². The number of ether oxygens (including phenoxy) is 1. The third-order valence-electron chi connectivity index (χ3n) is 4.03. The Bertz CT molecular complexity index is 1200. The number of rotatable bonds is 4. The van der Waals surface area contributed by atoms with E-state index in [0.717, 1.165) is 15.2 Å². The summed E-state index contributed by atoms with van der Waals surface area (Å²) in [7, 11) is 0. The monoisotopic (exact) mass is 413 g/mol. The Balaban J connectivity index is 1.71. The first-order valence-electron chi connectivity index (χ1n) is 8.82. The van der Waals surface area contributed by atoms with Crippen LogP contribution in [-0.2, 0) is 22.5 Å². The van der Waals surface area contributed by atoms with Crippen LogP contribution >= 0.6 is 22.7 Å². The fourth-order valence-electron chi connectivity index (χ4n) is 2.94. The minimum atomic E-state index is -0.569. The topological polar surface area (TPSA) is 74.1 Å². The molecule has 4 aromatic rings. The van der Waals surface area contributed by atoms with Crippen molar-refractivity contribution in [1.82, 2.24) is 14.8 Å². The van der Waals surface area contributed by atoms with Crippen LogP contribution in [0.25, 0.3) is 21.0 Å². The van der Waals surface area contributed by atoms with E-state index in [0.29, 0.717) is 16.5 Å². The first kappa shape index (κ1) is 18.8. The van der Waals surface area contributed by atoms with E-state index in [4.69, 9.17) is 4.74 Å². The highest BCUT2D eigenvalue weighted by atomic mass is 32.1. The zero-order valence-corrected chi connectivity index (χ0v) is 17.4. The number of aromatic nitrogens is 3. The van der Waals surface area contributed by atoms with Crippen LogP contribution in [0.5, 0.6) is 0 Å². The van der Waals surface area contributed by atoms with Gasteiger partial charge < -0.3 is 4.74 Å². The number of hydrogen-bond acceptors (Lipinski definition) is 7. The van der Waals surface area contributed by atoms with E-state index in [9.17, 15) is 9.59 Å². The molecule has 0 atom stereocenters. The number of carbonyl (C=O) groups excluding carboxylic acids is 1. The Labute approximate surface area is 169 Å². The van der Waals surface area contributed by atoms with Crippen LogP contribution < -0.4 is 5.56 Å². The molecule has 0 aliphatic heterocycles. The molecule has 0 fully saturated rings. The molecule has 0 N–H and O–H groups in total. The molecule has 0 amide bonds. The number of esters is 1. The first-order valence-corrected chi connectivity index (χ1v) is 10.6. The van der Waals surface area contributed by atoms with Crippen molar-refractivity contribution in [2.45, 2.75) is 39.3 Å². The van der Waals surface area contributed by atoms with E-state index in [1.165, 1.54) is 27.4 Å². The lowest BCUT2D eigenvalue weighted by atomic mass is 10.1. The quantitative estimate of drug-likeness (QED) is 0.473. The van der Waals surface area contributed by atoms with E-state index in [2.05, 4.69) is 10.1 Å². The third-order valence-corrected chi connectivity index (χ3v) is 5.80. The van der Waals surface area contributed by atoms with Gasteiger partial charge in [0.25, 0.3) is 5.56 Å². The molecule has 28 heavy (non-hydrogen) atoms. The summed E-state index contributed by atoms with van der Waals surface area (Å²) >= 11 is 2.96. The van der Waals surface area contributed by atoms with E-state index in [-0.39, 0.29) is 24.5 Å². The van der Waals surface area contributed by atoms with Crippen LogP contribution in [0.4, 0.5) is 0 Å². The Morgan fingerprint density at radius 1 is 1.18 bits per heavy atom. The molecule has 3 aromatic heterocycles. The molecule has 0 saturated carbocycles. The minimum absolute atomic E-state index is 0.0185. The van der Waals surface area contributed by atoms with Crippen molar-refractivity contribution in [3.8, 4) is 0 Å². The summed E-state index contributed by atoms with van der Waals surface area (Å²) in [6.45, 7) is 5.75. The molecule has 0 radical (unpaired) electrons. The summed E-state index contributed by atoms with van der Waals surface area (Å²) in [6.07, 6.45) is 0.0185. The number of fused-ring (bicyclic) bond motifs is 2. The fourth-order valence-corrected chi connectivity index (χ4v) is 4.72. The number of para-hydroxylation sites is 1. The van der Waals surface area contributed by atoms with Crippen molar-refractivity contribution in [2.75, 3.05) is 0 Å². The maximum Gasteiger partial charge on any atom is 0.312 e. The van der Waals surface area contributed by atoms with Gasteiger partial charge in [0, 0.05) is 16.1 Å². The predicted molar refractivity (Wildman–Crippen MR) is 112 cm³/mol. The maximum absolute atomic E-state index is 12.8. The second-order valence-corrected chi connectivity index (χ2v) is 9.31. The Morgan fingerprint density at radius 3 is 2.68 bits per heavy atom. The van der Waals surface area contributed by atoms with Crippen LogP contribution in [0, 0.1) is 0 Å². The highest BCUT2D eigenvalue weighted by Gasteiger charge is 2.20. The lowest BCUT2D eigenvalue weighted by Gasteiger charge is -2.19. The second kappa shape index (κ2) is 7.10. The van der Waals surface area contributed by atoms with Crippen molar-refractivity contribution < 1.29 is 9.53 Å².